The Morgan fingerprint density at radius 1 is 0.711 bits per heavy atom. The lowest BCUT2D eigenvalue weighted by atomic mass is 10.2. The summed E-state index contributed by atoms with van der Waals surface area (Å²) in [5.74, 6) is 0. The lowest BCUT2D eigenvalue weighted by Crippen LogP contribution is -2.07. The topological polar surface area (TPSA) is 145 Å². The van der Waals surface area contributed by atoms with Crippen molar-refractivity contribution in [1.82, 2.24) is 0 Å². The predicted molar refractivity (Wildman–Crippen MR) is 146 cm³/mol. The molecule has 0 atom stereocenters. The van der Waals surface area contributed by atoms with Crippen LogP contribution < -0.4 is 0 Å². The summed E-state index contributed by atoms with van der Waals surface area (Å²) in [5, 5.41) is 22.9. The second-order valence-corrected chi connectivity index (χ2v) is 13.1. The number of benzene rings is 4. The second kappa shape index (κ2) is 11.1. The second-order valence-electron chi connectivity index (χ2n) is 7.87. The van der Waals surface area contributed by atoms with Crippen LogP contribution in [0.25, 0.3) is 0 Å². The van der Waals surface area contributed by atoms with Crippen LogP contribution in [-0.2, 0) is 19.6 Å². The molecule has 0 fully saturated rings. The van der Waals surface area contributed by atoms with Crippen molar-refractivity contribution in [1.29, 1.82) is 0 Å². The van der Waals surface area contributed by atoms with E-state index in [9.17, 15) is 28.6 Å². The van der Waals surface area contributed by atoms with Crippen LogP contribution >= 0.6 is 11.9 Å². The Morgan fingerprint density at radius 3 is 1.76 bits per heavy atom. The molecule has 0 aliphatic rings. The summed E-state index contributed by atoms with van der Waals surface area (Å²) in [4.78, 5) is 22.4. The van der Waals surface area contributed by atoms with Crippen LogP contribution in [0, 0.1) is 27.2 Å². The van der Waals surface area contributed by atoms with Crippen LogP contribution in [0.2, 0.25) is 0 Å². The van der Waals surface area contributed by atoms with E-state index < -0.39 is 40.9 Å². The summed E-state index contributed by atoms with van der Waals surface area (Å²) in [5.41, 5.74) is -0.0967. The van der Waals surface area contributed by atoms with E-state index in [2.05, 4.69) is 3.77 Å². The van der Waals surface area contributed by atoms with E-state index >= 15 is 0 Å². The normalized spacial score (nSPS) is 11.5. The van der Waals surface area contributed by atoms with Gasteiger partial charge in [0.25, 0.3) is 21.4 Å². The zero-order valence-corrected chi connectivity index (χ0v) is 22.2. The van der Waals surface area contributed by atoms with Crippen molar-refractivity contribution < 1.29 is 18.3 Å². The molecule has 0 saturated carbocycles. The SMILES string of the molecule is Cc1ccc(S(=O)(=O)N=S(=NSc2ccc([N+](=O)[O-])cc2[N+](=O)[O-])(c2ccccc2)c2ccccc2)cc1. The molecule has 0 aromatic heterocycles. The van der Waals surface area contributed by atoms with E-state index in [0.717, 1.165) is 17.7 Å². The van der Waals surface area contributed by atoms with Crippen LogP contribution in [0.15, 0.2) is 130 Å². The van der Waals surface area contributed by atoms with E-state index in [1.807, 2.05) is 6.92 Å². The zero-order chi connectivity index (χ0) is 27.3. The molecule has 0 bridgehead atoms. The third-order valence-corrected chi connectivity index (χ3v) is 11.3. The third kappa shape index (κ3) is 5.74. The molecular formula is C25H20N4O6S3. The van der Waals surface area contributed by atoms with E-state index in [4.69, 9.17) is 3.77 Å². The lowest BCUT2D eigenvalue weighted by molar-refractivity contribution is -0.396. The van der Waals surface area contributed by atoms with Crippen LogP contribution in [0.5, 0.6) is 0 Å². The Labute approximate surface area is 223 Å². The monoisotopic (exact) mass is 568 g/mol. The summed E-state index contributed by atoms with van der Waals surface area (Å²) < 4.78 is 36.3. The summed E-state index contributed by atoms with van der Waals surface area (Å²) >= 11 is 0.670. The Morgan fingerprint density at radius 2 is 1.26 bits per heavy atom. The number of nitrogens with zero attached hydrogens (tertiary/aromatic N) is 4. The fraction of sp³-hybridized carbons (Fsp3) is 0.0400. The van der Waals surface area contributed by atoms with Gasteiger partial charge in [0.1, 0.15) is 4.90 Å². The van der Waals surface area contributed by atoms with Crippen molar-refractivity contribution >= 4 is 43.0 Å². The molecule has 10 nitrogen and oxygen atoms in total. The molecule has 38 heavy (non-hydrogen) atoms. The minimum atomic E-state index is -4.25. The van der Waals surface area contributed by atoms with Gasteiger partial charge in [0.05, 0.1) is 20.8 Å². The molecule has 0 unspecified atom stereocenters. The molecule has 194 valence electrons. The minimum Gasteiger partial charge on any atom is -0.258 e. The molecule has 13 heteroatoms. The average molecular weight is 569 g/mol. The molecule has 4 aromatic carbocycles. The number of non-ortho nitro benzene ring substituents is 1. The highest BCUT2D eigenvalue weighted by Gasteiger charge is 2.24. The van der Waals surface area contributed by atoms with Gasteiger partial charge < -0.3 is 0 Å². The minimum absolute atomic E-state index is 0.00673. The molecule has 0 aliphatic heterocycles. The van der Waals surface area contributed by atoms with E-state index in [1.165, 1.54) is 18.2 Å². The first-order valence-corrected chi connectivity index (χ1v) is 14.7. The molecular weight excluding hydrogens is 548 g/mol. The molecule has 0 heterocycles. The summed E-state index contributed by atoms with van der Waals surface area (Å²) in [6.07, 6.45) is 0. The summed E-state index contributed by atoms with van der Waals surface area (Å²) in [6.45, 7) is 1.83. The number of hydrogen-bond acceptors (Lipinski definition) is 8. The van der Waals surface area contributed by atoms with Gasteiger partial charge in [-0.25, -0.2) is 0 Å². The highest BCUT2D eigenvalue weighted by molar-refractivity contribution is 8.11. The van der Waals surface area contributed by atoms with Crippen molar-refractivity contribution in [3.05, 3.63) is 129 Å². The Bertz CT molecular complexity index is 1690. The van der Waals surface area contributed by atoms with Gasteiger partial charge in [0.2, 0.25) is 0 Å². The van der Waals surface area contributed by atoms with Crippen molar-refractivity contribution in [3.8, 4) is 0 Å². The first kappa shape index (κ1) is 27.0. The largest absolute Gasteiger partial charge is 0.291 e. The van der Waals surface area contributed by atoms with Gasteiger partial charge in [0.15, 0.2) is 0 Å². The number of rotatable bonds is 8. The molecule has 0 amide bonds. The van der Waals surface area contributed by atoms with Gasteiger partial charge in [-0.15, -0.1) is 3.77 Å². The van der Waals surface area contributed by atoms with Crippen LogP contribution in [0.3, 0.4) is 0 Å². The quantitative estimate of drug-likeness (QED) is 0.128. The Kier molecular flexibility index (Phi) is 7.90. The highest BCUT2D eigenvalue weighted by atomic mass is 32.3. The number of nitro groups is 2. The third-order valence-electron chi connectivity index (χ3n) is 5.26. The van der Waals surface area contributed by atoms with E-state index in [0.29, 0.717) is 21.7 Å². The van der Waals surface area contributed by atoms with Crippen LogP contribution in [0.1, 0.15) is 5.56 Å². The molecule has 0 radical (unpaired) electrons. The van der Waals surface area contributed by atoms with Gasteiger partial charge in [-0.3, -0.25) is 20.2 Å². The molecule has 4 aromatic rings. The van der Waals surface area contributed by atoms with Gasteiger partial charge in [-0.1, -0.05) is 54.1 Å². The Hall–Kier alpha value is -4.07. The summed E-state index contributed by atoms with van der Waals surface area (Å²) in [6, 6.07) is 26.7. The Balaban J connectivity index is 2.05. The maximum atomic E-state index is 13.6. The fourth-order valence-corrected chi connectivity index (χ4v) is 9.52. The molecule has 0 saturated heterocycles. The first-order chi connectivity index (χ1) is 18.1. The molecule has 0 N–H and O–H groups in total. The van der Waals surface area contributed by atoms with Crippen molar-refractivity contribution in [2.75, 3.05) is 0 Å². The first-order valence-electron chi connectivity index (χ1n) is 10.9. The predicted octanol–water partition coefficient (Wildman–Crippen LogP) is 6.85. The number of nitro benzene ring substituents is 2. The average Bonchev–Trinajstić information content (AvgIpc) is 2.92. The van der Waals surface area contributed by atoms with Gasteiger partial charge in [-0.05, 0) is 49.4 Å². The number of hydrogen-bond donors (Lipinski definition) is 0. The van der Waals surface area contributed by atoms with Gasteiger partial charge in [-0.2, -0.15) is 12.2 Å². The lowest BCUT2D eigenvalue weighted by Gasteiger charge is -2.17. The van der Waals surface area contributed by atoms with E-state index in [-0.39, 0.29) is 9.79 Å². The highest BCUT2D eigenvalue weighted by Crippen LogP contribution is 2.38. The van der Waals surface area contributed by atoms with Gasteiger partial charge in [0, 0.05) is 37.4 Å². The van der Waals surface area contributed by atoms with Crippen molar-refractivity contribution in [3.63, 3.8) is 0 Å². The zero-order valence-electron chi connectivity index (χ0n) is 19.8. The van der Waals surface area contributed by atoms with Crippen LogP contribution in [0.4, 0.5) is 11.4 Å². The van der Waals surface area contributed by atoms with E-state index in [1.54, 1.807) is 72.8 Å². The molecule has 0 spiro atoms. The number of aryl methyl sites for hydroxylation is 1. The van der Waals surface area contributed by atoms with Crippen LogP contribution in [-0.4, -0.2) is 18.3 Å². The standard InChI is InChI=1S/C25H20N4O6S3/c1-19-12-15-23(16-13-19)38(34,35)27-37(21-8-4-2-5-9-21,22-10-6-3-7-11-22)26-36-25-17-14-20(28(30)31)18-24(25)29(32)33/h2-18H,1H3. The summed E-state index contributed by atoms with van der Waals surface area (Å²) in [7, 11) is -7.32. The molecule has 0 aliphatic carbocycles. The maximum absolute atomic E-state index is 13.6. The maximum Gasteiger partial charge on any atom is 0.291 e. The molecule has 4 rings (SSSR count). The van der Waals surface area contributed by atoms with Crippen molar-refractivity contribution in [2.24, 2.45) is 7.54 Å². The smallest absolute Gasteiger partial charge is 0.258 e. The fourth-order valence-electron chi connectivity index (χ4n) is 3.37. The number of sulfonamides is 1. The van der Waals surface area contributed by atoms with Gasteiger partial charge >= 0.3 is 0 Å². The van der Waals surface area contributed by atoms with Crippen molar-refractivity contribution in [2.45, 2.75) is 26.5 Å².